The van der Waals surface area contributed by atoms with Gasteiger partial charge >= 0.3 is 6.03 Å². The molecular formula is C30H28ClN3O7. The van der Waals surface area contributed by atoms with Gasteiger partial charge in [-0.1, -0.05) is 36.7 Å². The highest BCUT2D eigenvalue weighted by Gasteiger charge is 2.37. The van der Waals surface area contributed by atoms with Crippen LogP contribution in [0.2, 0.25) is 5.02 Å². The molecule has 11 heteroatoms. The average molecular weight is 578 g/mol. The third-order valence-electron chi connectivity index (χ3n) is 5.74. The first-order chi connectivity index (χ1) is 19.8. The lowest BCUT2D eigenvalue weighted by Gasteiger charge is -2.27. The Bertz CT molecular complexity index is 1490. The summed E-state index contributed by atoms with van der Waals surface area (Å²) in [5.74, 6) is -1.16. The molecule has 1 aliphatic rings. The van der Waals surface area contributed by atoms with E-state index >= 15 is 0 Å². The molecule has 1 heterocycles. The van der Waals surface area contributed by atoms with Crippen LogP contribution in [0.4, 0.5) is 16.2 Å². The first-order valence-corrected chi connectivity index (χ1v) is 13.3. The summed E-state index contributed by atoms with van der Waals surface area (Å²) in [6.07, 6.45) is 2.04. The van der Waals surface area contributed by atoms with Gasteiger partial charge in [0.25, 0.3) is 17.7 Å². The van der Waals surface area contributed by atoms with Gasteiger partial charge < -0.3 is 19.5 Å². The van der Waals surface area contributed by atoms with E-state index in [1.165, 1.54) is 30.3 Å². The molecule has 1 saturated heterocycles. The molecule has 0 radical (unpaired) electrons. The highest BCUT2D eigenvalue weighted by molar-refractivity contribution is 6.39. The molecule has 41 heavy (non-hydrogen) atoms. The van der Waals surface area contributed by atoms with Crippen molar-refractivity contribution in [1.29, 1.82) is 0 Å². The largest absolute Gasteiger partial charge is 0.490 e. The van der Waals surface area contributed by atoms with Crippen LogP contribution >= 0.6 is 11.6 Å². The molecule has 0 aliphatic carbocycles. The zero-order valence-corrected chi connectivity index (χ0v) is 23.2. The fraction of sp³-hybridized carbons (Fsp3) is 0.200. The Morgan fingerprint density at radius 3 is 2.41 bits per heavy atom. The van der Waals surface area contributed by atoms with Gasteiger partial charge in [0.2, 0.25) is 0 Å². The lowest BCUT2D eigenvalue weighted by atomic mass is 10.1. The molecule has 3 aromatic rings. The van der Waals surface area contributed by atoms with E-state index in [2.05, 4.69) is 10.6 Å². The third-order valence-corrected chi connectivity index (χ3v) is 5.97. The van der Waals surface area contributed by atoms with Crippen LogP contribution in [0.1, 0.15) is 25.8 Å². The molecule has 0 unspecified atom stereocenters. The van der Waals surface area contributed by atoms with Gasteiger partial charge in [-0.25, -0.2) is 9.69 Å². The second kappa shape index (κ2) is 13.5. The van der Waals surface area contributed by atoms with Crippen LogP contribution in [-0.4, -0.2) is 43.6 Å². The second-order valence-electron chi connectivity index (χ2n) is 8.76. The molecule has 10 nitrogen and oxygen atoms in total. The molecule has 0 spiro atoms. The number of nitrogens with one attached hydrogen (secondary N) is 2. The molecule has 2 N–H and O–H groups in total. The number of anilines is 2. The van der Waals surface area contributed by atoms with Crippen molar-refractivity contribution in [1.82, 2.24) is 5.32 Å². The number of ether oxygens (including phenoxy) is 3. The highest BCUT2D eigenvalue weighted by atomic mass is 35.5. The highest BCUT2D eigenvalue weighted by Crippen LogP contribution is 2.34. The van der Waals surface area contributed by atoms with Gasteiger partial charge in [-0.3, -0.25) is 19.7 Å². The number of hydrogen-bond acceptors (Lipinski definition) is 7. The van der Waals surface area contributed by atoms with Gasteiger partial charge in [0.05, 0.1) is 18.9 Å². The topological polar surface area (TPSA) is 123 Å². The summed E-state index contributed by atoms with van der Waals surface area (Å²) in [7, 11) is 0. The lowest BCUT2D eigenvalue weighted by Crippen LogP contribution is -2.54. The second-order valence-corrected chi connectivity index (χ2v) is 9.19. The normalized spacial score (nSPS) is 14.1. The van der Waals surface area contributed by atoms with Crippen LogP contribution in [0.25, 0.3) is 6.08 Å². The van der Waals surface area contributed by atoms with Crippen LogP contribution in [0.5, 0.6) is 17.2 Å². The van der Waals surface area contributed by atoms with Crippen molar-refractivity contribution in [2.24, 2.45) is 0 Å². The molecule has 212 valence electrons. The number of carbonyl (C=O) groups excluding carboxylic acids is 4. The predicted octanol–water partition coefficient (Wildman–Crippen LogP) is 5.21. The summed E-state index contributed by atoms with van der Waals surface area (Å²) in [4.78, 5) is 52.3. The van der Waals surface area contributed by atoms with E-state index in [9.17, 15) is 19.2 Å². The molecule has 4 rings (SSSR count). The third kappa shape index (κ3) is 7.23. The number of hydrogen-bond donors (Lipinski definition) is 2. The number of urea groups is 1. The number of halogens is 1. The summed E-state index contributed by atoms with van der Waals surface area (Å²) >= 11 is 6.18. The van der Waals surface area contributed by atoms with E-state index in [4.69, 9.17) is 25.8 Å². The van der Waals surface area contributed by atoms with Crippen LogP contribution in [0.15, 0.2) is 72.3 Å². The molecule has 0 bridgehead atoms. The summed E-state index contributed by atoms with van der Waals surface area (Å²) in [5.41, 5.74) is 0.704. The van der Waals surface area contributed by atoms with Crippen LogP contribution in [0.3, 0.4) is 0 Å². The number of amides is 5. The first-order valence-electron chi connectivity index (χ1n) is 12.9. The quantitative estimate of drug-likeness (QED) is 0.237. The van der Waals surface area contributed by atoms with E-state index in [1.54, 1.807) is 43.3 Å². The Labute approximate surface area is 241 Å². The molecule has 1 fully saturated rings. The van der Waals surface area contributed by atoms with Crippen molar-refractivity contribution in [3.63, 3.8) is 0 Å². The number of nitrogens with zero attached hydrogens (tertiary/aromatic N) is 1. The van der Waals surface area contributed by atoms with E-state index in [1.807, 2.05) is 13.0 Å². The van der Waals surface area contributed by atoms with Crippen molar-refractivity contribution in [3.05, 3.63) is 82.9 Å². The summed E-state index contributed by atoms with van der Waals surface area (Å²) in [6.45, 7) is 4.21. The molecule has 1 aliphatic heterocycles. The maximum Gasteiger partial charge on any atom is 0.335 e. The minimum atomic E-state index is -0.915. The molecule has 0 aromatic heterocycles. The Kier molecular flexibility index (Phi) is 9.60. The zero-order chi connectivity index (χ0) is 29.4. The van der Waals surface area contributed by atoms with Crippen molar-refractivity contribution in [3.8, 4) is 17.2 Å². The molecular weight excluding hydrogens is 550 g/mol. The number of para-hydroxylation sites is 1. The monoisotopic (exact) mass is 577 g/mol. The number of benzene rings is 3. The summed E-state index contributed by atoms with van der Waals surface area (Å²) in [6, 6.07) is 17.1. The van der Waals surface area contributed by atoms with Gasteiger partial charge in [0, 0.05) is 22.3 Å². The Morgan fingerprint density at radius 1 is 0.927 bits per heavy atom. The lowest BCUT2D eigenvalue weighted by molar-refractivity contribution is -0.122. The van der Waals surface area contributed by atoms with Gasteiger partial charge in [-0.05, 0) is 61.9 Å². The summed E-state index contributed by atoms with van der Waals surface area (Å²) in [5, 5.41) is 5.20. The standard InChI is InChI=1S/C30H28ClN3O7/c1-3-14-40-25-13-11-22(17-26(25)39-4-2)34-29(37)23(28(36)33-30(34)38)16-19-15-20(31)10-12-24(19)41-18-27(35)32-21-8-6-5-7-9-21/h5-13,15-17H,3-4,14,18H2,1-2H3,(H,32,35)(H,33,36,38)/b23-16+. The Balaban J connectivity index is 1.60. The Morgan fingerprint density at radius 2 is 1.68 bits per heavy atom. The minimum Gasteiger partial charge on any atom is -0.490 e. The fourth-order valence-corrected chi connectivity index (χ4v) is 4.09. The van der Waals surface area contributed by atoms with Gasteiger partial charge in [0.1, 0.15) is 11.3 Å². The summed E-state index contributed by atoms with van der Waals surface area (Å²) < 4.78 is 17.0. The van der Waals surface area contributed by atoms with E-state index in [0.29, 0.717) is 35.4 Å². The first kappa shape index (κ1) is 29.2. The van der Waals surface area contributed by atoms with E-state index in [-0.39, 0.29) is 29.2 Å². The van der Waals surface area contributed by atoms with E-state index < -0.39 is 23.8 Å². The molecule has 3 aromatic carbocycles. The number of carbonyl (C=O) groups is 4. The smallest absolute Gasteiger partial charge is 0.335 e. The maximum atomic E-state index is 13.5. The van der Waals surface area contributed by atoms with Gasteiger partial charge in [-0.15, -0.1) is 0 Å². The van der Waals surface area contributed by atoms with Crippen LogP contribution in [-0.2, 0) is 14.4 Å². The van der Waals surface area contributed by atoms with Gasteiger partial charge in [0.15, 0.2) is 18.1 Å². The SMILES string of the molecule is CCCOc1ccc(N2C(=O)NC(=O)/C(=C\c3cc(Cl)ccc3OCC(=O)Nc3ccccc3)C2=O)cc1OCC. The van der Waals surface area contributed by atoms with E-state index in [0.717, 1.165) is 11.3 Å². The number of rotatable bonds is 11. The zero-order valence-electron chi connectivity index (χ0n) is 22.4. The fourth-order valence-electron chi connectivity index (χ4n) is 3.91. The van der Waals surface area contributed by atoms with Crippen molar-refractivity contribution >= 4 is 52.8 Å². The van der Waals surface area contributed by atoms with Crippen LogP contribution in [0, 0.1) is 0 Å². The number of imide groups is 2. The molecule has 0 atom stereocenters. The average Bonchev–Trinajstić information content (AvgIpc) is 2.95. The molecule has 5 amide bonds. The molecule has 0 saturated carbocycles. The number of barbiturate groups is 1. The predicted molar refractivity (Wildman–Crippen MR) is 154 cm³/mol. The van der Waals surface area contributed by atoms with Crippen molar-refractivity contribution < 1.29 is 33.4 Å². The minimum absolute atomic E-state index is 0.179. The van der Waals surface area contributed by atoms with Crippen molar-refractivity contribution in [2.75, 3.05) is 30.0 Å². The van der Waals surface area contributed by atoms with Crippen LogP contribution < -0.4 is 29.7 Å². The maximum absolute atomic E-state index is 13.5. The van der Waals surface area contributed by atoms with Crippen molar-refractivity contribution in [2.45, 2.75) is 20.3 Å². The Hall–Kier alpha value is -4.83. The van der Waals surface area contributed by atoms with Gasteiger partial charge in [-0.2, -0.15) is 0 Å².